The van der Waals surface area contributed by atoms with Crippen molar-refractivity contribution in [2.45, 2.75) is 0 Å². The third-order valence-electron chi connectivity index (χ3n) is 2.47. The van der Waals surface area contributed by atoms with Crippen molar-refractivity contribution in [3.8, 4) is 11.4 Å². The average Bonchev–Trinajstić information content (AvgIpc) is 2.78. The fourth-order valence-corrected chi connectivity index (χ4v) is 1.99. The van der Waals surface area contributed by atoms with Gasteiger partial charge >= 0.3 is 0 Å². The summed E-state index contributed by atoms with van der Waals surface area (Å²) in [6.07, 6.45) is 5.30. The summed E-state index contributed by atoms with van der Waals surface area (Å²) in [7, 11) is 0. The van der Waals surface area contributed by atoms with E-state index in [0.717, 1.165) is 16.5 Å². The lowest BCUT2D eigenvalue weighted by Crippen LogP contribution is -1.89. The number of aromatic nitrogens is 3. The highest BCUT2D eigenvalue weighted by Gasteiger charge is 2.11. The first kappa shape index (κ1) is 9.36. The molecule has 3 rings (SSSR count). The largest absolute Gasteiger partial charge is 0.361 e. The van der Waals surface area contributed by atoms with Gasteiger partial charge in [0.25, 0.3) is 0 Å². The Morgan fingerprint density at radius 3 is 2.69 bits per heavy atom. The molecule has 0 saturated carbocycles. The molecule has 0 amide bonds. The van der Waals surface area contributed by atoms with E-state index in [1.54, 1.807) is 18.5 Å². The lowest BCUT2D eigenvalue weighted by molar-refractivity contribution is 1.18. The van der Waals surface area contributed by atoms with E-state index in [4.69, 9.17) is 11.6 Å². The predicted octanol–water partition coefficient (Wildman–Crippen LogP) is 3.28. The van der Waals surface area contributed by atoms with Gasteiger partial charge in [-0.05, 0) is 18.2 Å². The van der Waals surface area contributed by atoms with Crippen LogP contribution >= 0.6 is 11.6 Å². The molecule has 3 aromatic rings. The molecule has 0 fully saturated rings. The summed E-state index contributed by atoms with van der Waals surface area (Å²) in [6.45, 7) is 0. The van der Waals surface area contributed by atoms with Crippen LogP contribution in [0.15, 0.2) is 42.9 Å². The Balaban J connectivity index is 2.38. The van der Waals surface area contributed by atoms with Gasteiger partial charge in [-0.15, -0.1) is 0 Å². The second-order valence-corrected chi connectivity index (χ2v) is 3.84. The van der Waals surface area contributed by atoms with Crippen LogP contribution in [-0.4, -0.2) is 15.0 Å². The molecule has 0 spiro atoms. The summed E-state index contributed by atoms with van der Waals surface area (Å²) in [5.74, 6) is 0.639. The van der Waals surface area contributed by atoms with Gasteiger partial charge in [-0.25, -0.2) is 9.97 Å². The fraction of sp³-hybridized carbons (Fsp3) is 0. The van der Waals surface area contributed by atoms with Crippen molar-refractivity contribution < 1.29 is 0 Å². The van der Waals surface area contributed by atoms with Crippen LogP contribution in [0.2, 0.25) is 5.02 Å². The highest BCUT2D eigenvalue weighted by Crippen LogP contribution is 2.31. The summed E-state index contributed by atoms with van der Waals surface area (Å²) in [5.41, 5.74) is 1.82. The summed E-state index contributed by atoms with van der Waals surface area (Å²) < 4.78 is 0. The number of H-pyrrole nitrogens is 1. The highest BCUT2D eigenvalue weighted by atomic mass is 35.5. The van der Waals surface area contributed by atoms with E-state index in [1.807, 2.05) is 24.4 Å². The molecule has 0 atom stereocenters. The Bertz CT molecular complexity index is 631. The summed E-state index contributed by atoms with van der Waals surface area (Å²) in [6, 6.07) is 7.62. The molecule has 0 radical (unpaired) electrons. The minimum absolute atomic E-state index is 0.639. The summed E-state index contributed by atoms with van der Waals surface area (Å²) >= 11 is 6.19. The van der Waals surface area contributed by atoms with Gasteiger partial charge in [-0.1, -0.05) is 17.7 Å². The average molecular weight is 230 g/mol. The Morgan fingerprint density at radius 2 is 1.88 bits per heavy atom. The first-order valence-electron chi connectivity index (χ1n) is 4.89. The second kappa shape index (κ2) is 3.61. The number of aromatic amines is 1. The monoisotopic (exact) mass is 229 g/mol. The molecular formula is C12H8ClN3. The Hall–Kier alpha value is -1.87. The van der Waals surface area contributed by atoms with Gasteiger partial charge in [0.2, 0.25) is 0 Å². The van der Waals surface area contributed by atoms with Crippen LogP contribution in [0.25, 0.3) is 22.3 Å². The SMILES string of the molecule is Clc1ccc2cc[nH]c2c1-c1ncccn1. The Morgan fingerprint density at radius 1 is 1.06 bits per heavy atom. The molecule has 4 heteroatoms. The number of halogens is 1. The quantitative estimate of drug-likeness (QED) is 0.696. The van der Waals surface area contributed by atoms with Crippen LogP contribution in [-0.2, 0) is 0 Å². The van der Waals surface area contributed by atoms with Crippen molar-refractivity contribution in [3.05, 3.63) is 47.9 Å². The molecule has 0 aliphatic heterocycles. The number of benzene rings is 1. The van der Waals surface area contributed by atoms with Crippen molar-refractivity contribution in [3.63, 3.8) is 0 Å². The Kier molecular flexibility index (Phi) is 2.11. The number of rotatable bonds is 1. The molecule has 1 aromatic carbocycles. The molecule has 16 heavy (non-hydrogen) atoms. The maximum absolute atomic E-state index is 6.19. The maximum Gasteiger partial charge on any atom is 0.162 e. The van der Waals surface area contributed by atoms with E-state index in [-0.39, 0.29) is 0 Å². The minimum Gasteiger partial charge on any atom is -0.361 e. The molecule has 1 N–H and O–H groups in total. The van der Waals surface area contributed by atoms with Crippen molar-refractivity contribution in [1.82, 2.24) is 15.0 Å². The lowest BCUT2D eigenvalue weighted by atomic mass is 10.1. The van der Waals surface area contributed by atoms with Crippen LogP contribution in [0.5, 0.6) is 0 Å². The number of hydrogen-bond acceptors (Lipinski definition) is 2. The molecule has 0 saturated heterocycles. The van der Waals surface area contributed by atoms with Crippen molar-refractivity contribution in [2.24, 2.45) is 0 Å². The first-order chi connectivity index (χ1) is 7.86. The van der Waals surface area contributed by atoms with Crippen molar-refractivity contribution in [1.29, 1.82) is 0 Å². The van der Waals surface area contributed by atoms with Gasteiger partial charge < -0.3 is 4.98 Å². The van der Waals surface area contributed by atoms with E-state index in [9.17, 15) is 0 Å². The van der Waals surface area contributed by atoms with Gasteiger partial charge in [0, 0.05) is 24.0 Å². The summed E-state index contributed by atoms with van der Waals surface area (Å²) in [4.78, 5) is 11.6. The standard InChI is InChI=1S/C12H8ClN3/c13-9-3-2-8-4-7-14-11(8)10(9)12-15-5-1-6-16-12/h1-7,14H. The number of nitrogens with one attached hydrogen (secondary N) is 1. The summed E-state index contributed by atoms with van der Waals surface area (Å²) in [5, 5.41) is 1.76. The third kappa shape index (κ3) is 1.37. The van der Waals surface area contributed by atoms with E-state index in [1.165, 1.54) is 0 Å². The fourth-order valence-electron chi connectivity index (χ4n) is 1.75. The van der Waals surface area contributed by atoms with Crippen LogP contribution in [0.1, 0.15) is 0 Å². The van der Waals surface area contributed by atoms with Gasteiger partial charge in [-0.2, -0.15) is 0 Å². The zero-order valence-electron chi connectivity index (χ0n) is 8.31. The van der Waals surface area contributed by atoms with Crippen LogP contribution in [0, 0.1) is 0 Å². The topological polar surface area (TPSA) is 41.6 Å². The number of fused-ring (bicyclic) bond motifs is 1. The molecule has 2 aromatic heterocycles. The molecule has 0 bridgehead atoms. The van der Waals surface area contributed by atoms with Gasteiger partial charge in [0.05, 0.1) is 16.1 Å². The third-order valence-corrected chi connectivity index (χ3v) is 2.78. The minimum atomic E-state index is 0.639. The normalized spacial score (nSPS) is 10.8. The predicted molar refractivity (Wildman–Crippen MR) is 64.3 cm³/mol. The van der Waals surface area contributed by atoms with E-state index < -0.39 is 0 Å². The zero-order chi connectivity index (χ0) is 11.0. The Labute approximate surface area is 97.1 Å². The maximum atomic E-state index is 6.19. The zero-order valence-corrected chi connectivity index (χ0v) is 9.07. The molecular weight excluding hydrogens is 222 g/mol. The number of hydrogen-bond donors (Lipinski definition) is 1. The van der Waals surface area contributed by atoms with Gasteiger partial charge in [-0.3, -0.25) is 0 Å². The smallest absolute Gasteiger partial charge is 0.162 e. The van der Waals surface area contributed by atoms with Crippen LogP contribution < -0.4 is 0 Å². The van der Waals surface area contributed by atoms with Crippen LogP contribution in [0.3, 0.4) is 0 Å². The van der Waals surface area contributed by atoms with Crippen molar-refractivity contribution in [2.75, 3.05) is 0 Å². The molecule has 3 nitrogen and oxygen atoms in total. The lowest BCUT2D eigenvalue weighted by Gasteiger charge is -2.04. The molecule has 0 unspecified atom stereocenters. The first-order valence-corrected chi connectivity index (χ1v) is 5.27. The molecule has 0 aliphatic carbocycles. The molecule has 78 valence electrons. The number of nitrogens with zero attached hydrogens (tertiary/aromatic N) is 2. The van der Waals surface area contributed by atoms with Gasteiger partial charge in [0.1, 0.15) is 0 Å². The van der Waals surface area contributed by atoms with Crippen LogP contribution in [0.4, 0.5) is 0 Å². The van der Waals surface area contributed by atoms with E-state index >= 15 is 0 Å². The molecule has 2 heterocycles. The van der Waals surface area contributed by atoms with Crippen molar-refractivity contribution >= 4 is 22.5 Å². The highest BCUT2D eigenvalue weighted by molar-refractivity contribution is 6.34. The molecule has 0 aliphatic rings. The van der Waals surface area contributed by atoms with Gasteiger partial charge in [0.15, 0.2) is 5.82 Å². The van der Waals surface area contributed by atoms with E-state index in [2.05, 4.69) is 15.0 Å². The van der Waals surface area contributed by atoms with E-state index in [0.29, 0.717) is 10.8 Å². The second-order valence-electron chi connectivity index (χ2n) is 3.44.